The Balaban J connectivity index is 0.000000140. The highest BCUT2D eigenvalue weighted by molar-refractivity contribution is 7.80. The van der Waals surface area contributed by atoms with E-state index < -0.39 is 18.2 Å². The topological polar surface area (TPSA) is 444 Å². The minimum Gasteiger partial charge on any atom is -0.475 e. The van der Waals surface area contributed by atoms with Crippen LogP contribution in [0.4, 0.5) is 9.59 Å². The Kier molecular flexibility index (Phi) is 33.2. The van der Waals surface area contributed by atoms with Crippen LogP contribution in [0.25, 0.3) is 22.7 Å². The quantitative estimate of drug-likeness (QED) is 0.0277. The number of nitrogens with zero attached hydrogens (tertiary/aromatic N) is 16. The minimum absolute atomic E-state index is 0. The Morgan fingerprint density at radius 3 is 1.12 bits per heavy atom. The molecule has 12 N–H and O–H groups in total. The number of thiocarbonyl (C=S) groups is 1. The maximum atomic E-state index is 12.8. The largest absolute Gasteiger partial charge is 0.475 e. The fourth-order valence-corrected chi connectivity index (χ4v) is 15.3. The number of carbonyl (C=O) groups excluding carboxylic acids is 4. The van der Waals surface area contributed by atoms with Crippen LogP contribution in [0, 0.1) is 0 Å². The Morgan fingerprint density at radius 2 is 0.727 bits per heavy atom. The van der Waals surface area contributed by atoms with Crippen LogP contribution < -0.4 is 33.2 Å². The van der Waals surface area contributed by atoms with Gasteiger partial charge in [0, 0.05) is 30.7 Å². The van der Waals surface area contributed by atoms with Gasteiger partial charge in [-0.15, -0.1) is 51.0 Å². The molecule has 33 heteroatoms. The van der Waals surface area contributed by atoms with E-state index in [2.05, 4.69) is 153 Å². The summed E-state index contributed by atoms with van der Waals surface area (Å²) in [5, 5.41) is 63.2. The van der Waals surface area contributed by atoms with Crippen molar-refractivity contribution in [3.05, 3.63) is 370 Å². The number of hydrogen-bond acceptors (Lipinski definition) is 23. The zero-order valence-electron chi connectivity index (χ0n) is 68.8. The van der Waals surface area contributed by atoms with Crippen LogP contribution >= 0.6 is 12.2 Å². The molecule has 656 valence electrons. The van der Waals surface area contributed by atoms with E-state index >= 15 is 0 Å². The van der Waals surface area contributed by atoms with Crippen LogP contribution in [0.15, 0.2) is 268 Å². The van der Waals surface area contributed by atoms with Crippen molar-refractivity contribution < 1.29 is 38.6 Å². The van der Waals surface area contributed by atoms with E-state index in [4.69, 9.17) is 43.1 Å². The first-order valence-corrected chi connectivity index (χ1v) is 41.7. The third-order valence-corrected chi connectivity index (χ3v) is 21.7. The molecule has 0 fully saturated rings. The summed E-state index contributed by atoms with van der Waals surface area (Å²) in [6.07, 6.45) is 17.3. The second-order valence-electron chi connectivity index (χ2n) is 29.9. The number of benzene rings is 9. The molecule has 10 heterocycles. The van der Waals surface area contributed by atoms with Crippen LogP contribution in [0.3, 0.4) is 0 Å². The first-order valence-electron chi connectivity index (χ1n) is 41.3. The molecule has 20 rings (SSSR count). The van der Waals surface area contributed by atoms with Crippen LogP contribution in [0.2, 0.25) is 0 Å². The average molecular weight is 1740 g/mol. The van der Waals surface area contributed by atoms with Gasteiger partial charge < -0.3 is 52.5 Å². The number of aromatic amines is 2. The minimum atomic E-state index is -1.12. The van der Waals surface area contributed by atoms with Gasteiger partial charge in [-0.2, -0.15) is 0 Å². The highest BCUT2D eigenvalue weighted by atomic mass is 32.1. The molecule has 0 saturated carbocycles. The summed E-state index contributed by atoms with van der Waals surface area (Å²) in [5.41, 5.74) is 32.9. The lowest BCUT2D eigenvalue weighted by Gasteiger charge is -2.17. The molecular weight excluding hydrogens is 1640 g/mol. The molecule has 4 aliphatic heterocycles. The fourth-order valence-electron chi connectivity index (χ4n) is 15.0. The maximum absolute atomic E-state index is 12.8. The van der Waals surface area contributed by atoms with Gasteiger partial charge in [-0.1, -0.05) is 245 Å². The summed E-state index contributed by atoms with van der Waals surface area (Å²) in [6, 6.07) is 79.4. The average Bonchev–Trinajstić information content (AvgIpc) is 1.66. The number of nitrogens with two attached hydrogens (primary N) is 3. The van der Waals surface area contributed by atoms with Crippen LogP contribution in [-0.2, 0) is 78.8 Å². The fraction of sp³-hybridized carbons (Fsp3) is 0.242. The van der Waals surface area contributed by atoms with Crippen molar-refractivity contribution in [2.24, 2.45) is 17.2 Å². The lowest BCUT2D eigenvalue weighted by atomic mass is 10.0. The number of alkyl carbamates (subject to hydrolysis) is 2. The summed E-state index contributed by atoms with van der Waals surface area (Å²) >= 11 is 5.52. The predicted octanol–water partition coefficient (Wildman–Crippen LogP) is 13.4. The Bertz CT molecular complexity index is 6010. The number of rotatable bonds is 14. The SMILES string of the molecule is C.C.NC1CCc2ccccc2-n2cnnc21.NCC=O.N[C@H]1CCc2ccccc2-n2cnnc21.O=C(NC1CCc2ccccc2-n2cnnc21)OCc1ccccc1.O=C(N[C@H]1CCc2ccccc2-n2cnnc21)c1n[nH]c(Cc2ccccc2)n1.O=C(N[C@H]1CCc2ccccc2CC1=S)OCc1ccccc1.O=C(O)c1n[nH]c(Cc2ccccc2)n1. The normalized spacial score (nSPS) is 15.4. The number of aldehydes is 1. The van der Waals surface area contributed by atoms with E-state index in [1.165, 1.54) is 33.4 Å². The second-order valence-corrected chi connectivity index (χ2v) is 30.4. The molecule has 0 spiro atoms. The van der Waals surface area contributed by atoms with Crippen molar-refractivity contribution in [1.29, 1.82) is 0 Å². The number of aryl methyl sites for hydroxylation is 5. The van der Waals surface area contributed by atoms with E-state index in [9.17, 15) is 19.2 Å². The highest BCUT2D eigenvalue weighted by Gasteiger charge is 2.30. The zero-order chi connectivity index (χ0) is 87.4. The smallest absolute Gasteiger partial charge is 0.408 e. The van der Waals surface area contributed by atoms with Crippen LogP contribution in [0.1, 0.15) is 183 Å². The molecule has 9 aromatic carbocycles. The van der Waals surface area contributed by atoms with Gasteiger partial charge in [-0.25, -0.2) is 24.4 Å². The van der Waals surface area contributed by atoms with Crippen molar-refractivity contribution in [2.75, 3.05) is 6.54 Å². The van der Waals surface area contributed by atoms with E-state index in [0.29, 0.717) is 36.6 Å². The monoisotopic (exact) mass is 1740 g/mol. The summed E-state index contributed by atoms with van der Waals surface area (Å²) in [5.74, 6) is 2.85. The molecular formula is C95H102N24O8S. The number of hydrogen-bond donors (Lipinski definition) is 9. The number of aromatic nitrogens is 18. The van der Waals surface area contributed by atoms with E-state index in [1.54, 1.807) is 25.3 Å². The maximum Gasteiger partial charge on any atom is 0.408 e. The highest BCUT2D eigenvalue weighted by Crippen LogP contribution is 2.33. The standard InChI is InChI=1S/C21H19N7O.C19H18N4O2.C19H19NO2S.2C11H12N4.C10H9N3O2.C2H5NO.2CH4/c29-21(19-24-18(25-26-19)12-14-6-2-1-3-7-14)23-16-11-10-15-8-4-5-9-17(15)28-13-22-27-20(16)28;24-19(25-12-14-6-2-1-3-7-14)21-16-11-10-15-8-4-5-9-17(15)23-13-20-22-18(16)23;21-19(22-13-14-6-2-1-3-7-14)20-17-11-10-15-8-4-5-9-16(15)12-18(17)23;2*12-9-6-5-8-3-1-2-4-10(8)15-7-13-14-11(9)15;14-10(15)9-11-8(12-13-9)6-7-4-2-1-3-5-7;3-1-2-4;;/h1-9,13,16H,10-12H2,(H,23,29)(H,24,25,26);1-9,13,16H,10-12H2,(H,21,24);1-9,17H,10-13H2,(H,20,21);2*1-4,7,9H,5-6,12H2;1-5H,6H2,(H,14,15)(H,11,12,13);2H,1,3H2;2*1H4/t16-;;17-;9-;;;;;/m0.00...../s1. The molecule has 15 aromatic rings. The lowest BCUT2D eigenvalue weighted by molar-refractivity contribution is -0.106. The van der Waals surface area contributed by atoms with Crippen molar-refractivity contribution in [2.45, 2.75) is 142 Å². The van der Waals surface area contributed by atoms with Gasteiger partial charge in [0.25, 0.3) is 11.7 Å². The van der Waals surface area contributed by atoms with Gasteiger partial charge in [0.1, 0.15) is 56.5 Å². The molecule has 0 saturated heterocycles. The van der Waals surface area contributed by atoms with Gasteiger partial charge in [0.05, 0.1) is 53.0 Å². The third kappa shape index (κ3) is 24.5. The Labute approximate surface area is 745 Å². The predicted molar refractivity (Wildman–Crippen MR) is 487 cm³/mol. The molecule has 1 aliphatic carbocycles. The Morgan fingerprint density at radius 1 is 0.414 bits per heavy atom. The van der Waals surface area contributed by atoms with Crippen molar-refractivity contribution in [3.8, 4) is 22.7 Å². The van der Waals surface area contributed by atoms with Gasteiger partial charge in [0.2, 0.25) is 5.82 Å². The third-order valence-electron chi connectivity index (χ3n) is 21.3. The van der Waals surface area contributed by atoms with E-state index in [-0.39, 0.29) is 82.4 Å². The van der Waals surface area contributed by atoms with Gasteiger partial charge in [0.15, 0.2) is 23.3 Å². The molecule has 5 atom stereocenters. The number of carboxylic acid groups (broad SMARTS) is 1. The molecule has 6 aromatic heterocycles. The number of nitrogens with one attached hydrogen (secondary N) is 5. The number of para-hydroxylation sites is 4. The first-order chi connectivity index (χ1) is 61.7. The van der Waals surface area contributed by atoms with Crippen molar-refractivity contribution in [1.82, 2.24) is 105 Å². The molecule has 2 unspecified atom stereocenters. The number of H-pyrrole nitrogens is 2. The molecule has 32 nitrogen and oxygen atoms in total. The van der Waals surface area contributed by atoms with Crippen LogP contribution in [-0.4, -0.2) is 142 Å². The number of aromatic carboxylic acids is 1. The van der Waals surface area contributed by atoms with Crippen molar-refractivity contribution >= 4 is 47.4 Å². The second kappa shape index (κ2) is 46.1. The van der Waals surface area contributed by atoms with Crippen molar-refractivity contribution in [3.63, 3.8) is 0 Å². The number of carbonyl (C=O) groups is 5. The summed E-state index contributed by atoms with van der Waals surface area (Å²) < 4.78 is 18.5. The molecule has 3 amide bonds. The molecule has 5 aliphatic rings. The summed E-state index contributed by atoms with van der Waals surface area (Å²) in [6.45, 7) is 0.651. The van der Waals surface area contributed by atoms with Gasteiger partial charge in [-0.3, -0.25) is 33.3 Å². The van der Waals surface area contributed by atoms with Gasteiger partial charge in [-0.05, 0) is 144 Å². The van der Waals surface area contributed by atoms with E-state index in [0.717, 1.165) is 138 Å². The number of carboxylic acids is 1. The first kappa shape index (κ1) is 92.1. The number of fused-ring (bicyclic) bond motifs is 13. The lowest BCUT2D eigenvalue weighted by Crippen LogP contribution is -2.40. The Hall–Kier alpha value is -15.1. The number of ether oxygens (including phenoxy) is 2. The molecule has 0 bridgehead atoms. The van der Waals surface area contributed by atoms with Crippen LogP contribution in [0.5, 0.6) is 0 Å². The van der Waals surface area contributed by atoms with E-state index in [1.807, 2.05) is 200 Å². The molecule has 0 radical (unpaired) electrons. The summed E-state index contributed by atoms with van der Waals surface area (Å²) in [7, 11) is 0. The van der Waals surface area contributed by atoms with Gasteiger partial charge >= 0.3 is 18.2 Å². The zero-order valence-corrected chi connectivity index (χ0v) is 69.6. The molecule has 128 heavy (non-hydrogen) atoms. The summed E-state index contributed by atoms with van der Waals surface area (Å²) in [4.78, 5) is 65.6. The number of amides is 3.